The molecule has 8 nitrogen and oxygen atoms in total. The predicted molar refractivity (Wildman–Crippen MR) is 116 cm³/mol. The molecule has 0 aliphatic carbocycles. The fraction of sp³-hybridized carbons (Fsp3) is 0.130. The molecule has 8 heteroatoms. The largest absolute Gasteiger partial charge is 0.487 e. The molecule has 3 aromatic carbocycles. The van der Waals surface area contributed by atoms with Gasteiger partial charge in [0.2, 0.25) is 5.89 Å². The second-order valence-electron chi connectivity index (χ2n) is 6.89. The maximum absolute atomic E-state index is 12.6. The number of fused-ring (bicyclic) bond motifs is 1. The van der Waals surface area contributed by atoms with Crippen LogP contribution in [0, 0.1) is 17.0 Å². The molecule has 0 unspecified atom stereocenters. The number of hydrogen-bond donors (Lipinski definition) is 1. The van der Waals surface area contributed by atoms with Gasteiger partial charge in [-0.05, 0) is 67.9 Å². The van der Waals surface area contributed by atoms with Crippen molar-refractivity contribution in [1.82, 2.24) is 4.98 Å². The Morgan fingerprint density at radius 1 is 1.13 bits per heavy atom. The zero-order valence-corrected chi connectivity index (χ0v) is 16.9. The molecule has 1 N–H and O–H groups in total. The van der Waals surface area contributed by atoms with Gasteiger partial charge in [0.15, 0.2) is 11.3 Å². The fourth-order valence-corrected chi connectivity index (χ4v) is 3.14. The van der Waals surface area contributed by atoms with Crippen molar-refractivity contribution in [1.29, 1.82) is 0 Å². The zero-order valence-electron chi connectivity index (χ0n) is 16.9. The van der Waals surface area contributed by atoms with E-state index in [-0.39, 0.29) is 17.0 Å². The molecule has 156 valence electrons. The highest BCUT2D eigenvalue weighted by molar-refractivity contribution is 6.05. The summed E-state index contributed by atoms with van der Waals surface area (Å²) in [6, 6.07) is 16.9. The summed E-state index contributed by atoms with van der Waals surface area (Å²) in [7, 11) is 0. The number of aryl methyl sites for hydroxylation is 1. The fourth-order valence-electron chi connectivity index (χ4n) is 3.14. The summed E-state index contributed by atoms with van der Waals surface area (Å²) in [6.07, 6.45) is 0. The molecule has 0 saturated heterocycles. The number of amides is 1. The second kappa shape index (κ2) is 8.27. The molecule has 4 aromatic rings. The van der Waals surface area contributed by atoms with Gasteiger partial charge in [0.25, 0.3) is 5.91 Å². The number of benzene rings is 3. The van der Waals surface area contributed by atoms with E-state index in [9.17, 15) is 14.9 Å². The molecule has 0 radical (unpaired) electrons. The van der Waals surface area contributed by atoms with E-state index in [0.29, 0.717) is 23.8 Å². The van der Waals surface area contributed by atoms with Crippen molar-refractivity contribution in [3.05, 3.63) is 81.9 Å². The monoisotopic (exact) mass is 417 g/mol. The Morgan fingerprint density at radius 3 is 2.61 bits per heavy atom. The van der Waals surface area contributed by atoms with Crippen molar-refractivity contribution in [2.24, 2.45) is 0 Å². The predicted octanol–water partition coefficient (Wildman–Crippen LogP) is 5.36. The quantitative estimate of drug-likeness (QED) is 0.334. The summed E-state index contributed by atoms with van der Waals surface area (Å²) in [5.74, 6) is 0.152. The molecule has 31 heavy (non-hydrogen) atoms. The van der Waals surface area contributed by atoms with Crippen molar-refractivity contribution in [3.63, 3.8) is 0 Å². The van der Waals surface area contributed by atoms with Crippen molar-refractivity contribution in [3.8, 4) is 17.2 Å². The molecule has 0 fully saturated rings. The number of carbonyl (C=O) groups excluding carboxylic acids is 1. The van der Waals surface area contributed by atoms with Gasteiger partial charge < -0.3 is 14.5 Å². The third-order valence-electron chi connectivity index (χ3n) is 4.65. The number of carbonyl (C=O) groups is 1. The maximum Gasteiger partial charge on any atom is 0.311 e. The van der Waals surface area contributed by atoms with E-state index in [1.807, 2.05) is 25.1 Å². The number of nitrogens with zero attached hydrogens (tertiary/aromatic N) is 2. The average Bonchev–Trinajstić information content (AvgIpc) is 3.17. The number of nitro groups is 1. The average molecular weight is 417 g/mol. The number of oxazole rings is 1. The van der Waals surface area contributed by atoms with Crippen molar-refractivity contribution in [2.75, 3.05) is 11.9 Å². The van der Waals surface area contributed by atoms with Gasteiger partial charge in [0.1, 0.15) is 5.52 Å². The lowest BCUT2D eigenvalue weighted by Crippen LogP contribution is -2.12. The Kier molecular flexibility index (Phi) is 5.36. The minimum atomic E-state index is -0.571. The Hall–Kier alpha value is -4.20. The van der Waals surface area contributed by atoms with Crippen LogP contribution in [0.3, 0.4) is 0 Å². The van der Waals surface area contributed by atoms with E-state index in [1.54, 1.807) is 31.2 Å². The first-order valence-electron chi connectivity index (χ1n) is 9.65. The standard InChI is InChI=1S/C23H19N3O5/c1-3-30-21-11-7-16(13-19(21)26(28)29)22(27)24-17-8-5-15(6-9-17)23-25-18-12-14(2)4-10-20(18)31-23/h4-13H,3H2,1-2H3,(H,24,27). The summed E-state index contributed by atoms with van der Waals surface area (Å²) < 4.78 is 11.0. The van der Waals surface area contributed by atoms with Crippen LogP contribution in [0.15, 0.2) is 65.1 Å². The summed E-state index contributed by atoms with van der Waals surface area (Å²) in [4.78, 5) is 27.8. The highest BCUT2D eigenvalue weighted by atomic mass is 16.6. The molecule has 4 rings (SSSR count). The van der Waals surface area contributed by atoms with Gasteiger partial charge in [-0.15, -0.1) is 0 Å². The Labute approximate surface area is 177 Å². The highest BCUT2D eigenvalue weighted by Crippen LogP contribution is 2.29. The molecule has 0 aliphatic heterocycles. The Morgan fingerprint density at radius 2 is 1.90 bits per heavy atom. The molecule has 0 saturated carbocycles. The van der Waals surface area contributed by atoms with Gasteiger partial charge in [0.05, 0.1) is 11.5 Å². The lowest BCUT2D eigenvalue weighted by atomic mass is 10.1. The second-order valence-corrected chi connectivity index (χ2v) is 6.89. The van der Waals surface area contributed by atoms with Crippen LogP contribution in [0.5, 0.6) is 5.75 Å². The van der Waals surface area contributed by atoms with Crippen LogP contribution in [-0.4, -0.2) is 22.4 Å². The third-order valence-corrected chi connectivity index (χ3v) is 4.65. The van der Waals surface area contributed by atoms with Crippen LogP contribution in [0.2, 0.25) is 0 Å². The maximum atomic E-state index is 12.6. The van der Waals surface area contributed by atoms with Gasteiger partial charge >= 0.3 is 5.69 Å². The molecule has 0 spiro atoms. The molecular weight excluding hydrogens is 398 g/mol. The lowest BCUT2D eigenvalue weighted by molar-refractivity contribution is -0.385. The highest BCUT2D eigenvalue weighted by Gasteiger charge is 2.19. The smallest absolute Gasteiger partial charge is 0.311 e. The van der Waals surface area contributed by atoms with Crippen molar-refractivity contribution >= 4 is 28.4 Å². The summed E-state index contributed by atoms with van der Waals surface area (Å²) in [6.45, 7) is 4.01. The number of hydrogen-bond acceptors (Lipinski definition) is 6. The Balaban J connectivity index is 1.52. The molecule has 1 heterocycles. The van der Waals surface area contributed by atoms with Crippen LogP contribution in [0.25, 0.3) is 22.6 Å². The van der Waals surface area contributed by atoms with Crippen LogP contribution >= 0.6 is 0 Å². The van der Waals surface area contributed by atoms with Crippen LogP contribution < -0.4 is 10.1 Å². The molecule has 0 bridgehead atoms. The SMILES string of the molecule is CCOc1ccc(C(=O)Nc2ccc(-c3nc4cc(C)ccc4o3)cc2)cc1[N+](=O)[O-]. The van der Waals surface area contributed by atoms with Crippen LogP contribution in [0.1, 0.15) is 22.8 Å². The van der Waals surface area contributed by atoms with E-state index >= 15 is 0 Å². The van der Waals surface area contributed by atoms with E-state index in [1.165, 1.54) is 18.2 Å². The number of aromatic nitrogens is 1. The van der Waals surface area contributed by atoms with Crippen molar-refractivity contribution in [2.45, 2.75) is 13.8 Å². The first-order chi connectivity index (χ1) is 14.9. The minimum absolute atomic E-state index is 0.127. The van der Waals surface area contributed by atoms with E-state index in [4.69, 9.17) is 9.15 Å². The first-order valence-corrected chi connectivity index (χ1v) is 9.65. The Bertz CT molecular complexity index is 1280. The van der Waals surface area contributed by atoms with Gasteiger partial charge in [0, 0.05) is 22.9 Å². The van der Waals surface area contributed by atoms with Crippen molar-refractivity contribution < 1.29 is 18.9 Å². The van der Waals surface area contributed by atoms with Gasteiger partial charge in [-0.25, -0.2) is 4.98 Å². The number of rotatable bonds is 6. The summed E-state index contributed by atoms with van der Waals surface area (Å²) >= 11 is 0. The number of anilines is 1. The molecule has 0 atom stereocenters. The van der Waals surface area contributed by atoms with E-state index < -0.39 is 10.8 Å². The van der Waals surface area contributed by atoms with Gasteiger partial charge in [-0.1, -0.05) is 6.07 Å². The number of ether oxygens (including phenoxy) is 1. The lowest BCUT2D eigenvalue weighted by Gasteiger charge is -2.08. The molecular formula is C23H19N3O5. The third kappa shape index (κ3) is 4.23. The molecule has 0 aliphatic rings. The van der Waals surface area contributed by atoms with Crippen LogP contribution in [-0.2, 0) is 0 Å². The topological polar surface area (TPSA) is 108 Å². The zero-order chi connectivity index (χ0) is 22.0. The number of nitro benzene ring substituents is 1. The summed E-state index contributed by atoms with van der Waals surface area (Å²) in [5.41, 5.74) is 3.80. The molecule has 1 amide bonds. The van der Waals surface area contributed by atoms with Gasteiger partial charge in [-0.2, -0.15) is 0 Å². The van der Waals surface area contributed by atoms with Gasteiger partial charge in [-0.3, -0.25) is 14.9 Å². The van der Waals surface area contributed by atoms with Crippen LogP contribution in [0.4, 0.5) is 11.4 Å². The first kappa shape index (κ1) is 20.1. The minimum Gasteiger partial charge on any atom is -0.487 e. The van der Waals surface area contributed by atoms with E-state index in [0.717, 1.165) is 16.6 Å². The number of nitrogens with one attached hydrogen (secondary N) is 1. The molecule has 1 aromatic heterocycles. The normalized spacial score (nSPS) is 10.8. The van der Waals surface area contributed by atoms with E-state index in [2.05, 4.69) is 10.3 Å². The summed E-state index contributed by atoms with van der Waals surface area (Å²) in [5, 5.41) is 14.0.